The number of pyridine rings is 1. The van der Waals surface area contributed by atoms with Crippen molar-refractivity contribution in [3.8, 4) is 5.75 Å². The maximum atomic E-state index is 14.0. The number of ether oxygens (including phenoxy) is 1. The number of anilines is 1. The molecule has 2 aromatic carbocycles. The van der Waals surface area contributed by atoms with Crippen LogP contribution < -0.4 is 15.6 Å². The average Bonchev–Trinajstić information content (AvgIpc) is 2.72. The van der Waals surface area contributed by atoms with E-state index in [1.165, 1.54) is 30.3 Å². The zero-order chi connectivity index (χ0) is 22.2. The van der Waals surface area contributed by atoms with E-state index in [4.69, 9.17) is 4.74 Å². The van der Waals surface area contributed by atoms with Gasteiger partial charge in [0.15, 0.2) is 17.2 Å². The molecule has 1 unspecified atom stereocenters. The molecule has 0 bridgehead atoms. The Kier molecular flexibility index (Phi) is 5.22. The van der Waals surface area contributed by atoms with Gasteiger partial charge in [-0.05, 0) is 35.9 Å². The third kappa shape index (κ3) is 4.00. The Morgan fingerprint density at radius 2 is 1.87 bits per heavy atom. The Morgan fingerprint density at radius 3 is 2.65 bits per heavy atom. The first-order valence-electron chi connectivity index (χ1n) is 9.44. The van der Waals surface area contributed by atoms with Crippen LogP contribution in [0.3, 0.4) is 0 Å². The quantitative estimate of drug-likeness (QED) is 0.526. The number of hydrogen-bond donors (Lipinski definition) is 3. The molecule has 162 valence electrons. The predicted octanol–water partition coefficient (Wildman–Crippen LogP) is 4.24. The second-order valence-electron chi connectivity index (χ2n) is 7.31. The Hall–Kier alpha value is -3.33. The lowest BCUT2D eigenvalue weighted by Gasteiger charge is -2.33. The number of halogens is 4. The topological polar surface area (TPSA) is 74.3 Å². The van der Waals surface area contributed by atoms with Gasteiger partial charge in [0.1, 0.15) is 6.61 Å². The highest BCUT2D eigenvalue weighted by molar-refractivity contribution is 5.91. The maximum absolute atomic E-state index is 14.0. The average molecular weight is 434 g/mol. The van der Waals surface area contributed by atoms with Gasteiger partial charge in [0.25, 0.3) is 0 Å². The number of fused-ring (bicyclic) bond motifs is 2. The van der Waals surface area contributed by atoms with Crippen molar-refractivity contribution in [2.75, 3.05) is 18.5 Å². The smallest absolute Gasteiger partial charge is 0.419 e. The summed E-state index contributed by atoms with van der Waals surface area (Å²) in [5.74, 6) is -0.808. The fourth-order valence-electron chi connectivity index (χ4n) is 3.57. The van der Waals surface area contributed by atoms with Gasteiger partial charge in [-0.2, -0.15) is 13.2 Å². The van der Waals surface area contributed by atoms with Crippen molar-refractivity contribution in [3.05, 3.63) is 76.3 Å². The van der Waals surface area contributed by atoms with Crippen molar-refractivity contribution < 1.29 is 27.4 Å². The summed E-state index contributed by atoms with van der Waals surface area (Å²) in [5, 5.41) is 13.8. The van der Waals surface area contributed by atoms with E-state index in [9.17, 15) is 27.5 Å². The SMILES string of the molecule is O=c1ccc2c(NCC(O)(CC3=CCOc4c(F)cccc43)C(F)(F)F)cccc2[nH]1. The van der Waals surface area contributed by atoms with Crippen molar-refractivity contribution >= 4 is 22.2 Å². The van der Waals surface area contributed by atoms with Crippen LogP contribution in [0.4, 0.5) is 23.2 Å². The number of rotatable bonds is 5. The number of aliphatic hydroxyl groups is 1. The lowest BCUT2D eigenvalue weighted by atomic mass is 9.88. The zero-order valence-corrected chi connectivity index (χ0v) is 16.1. The van der Waals surface area contributed by atoms with Crippen LogP contribution in [0.25, 0.3) is 16.5 Å². The molecule has 0 fully saturated rings. The first-order chi connectivity index (χ1) is 14.7. The summed E-state index contributed by atoms with van der Waals surface area (Å²) in [5.41, 5.74) is -2.38. The summed E-state index contributed by atoms with van der Waals surface area (Å²) in [7, 11) is 0. The second kappa shape index (κ2) is 7.73. The minimum absolute atomic E-state index is 0.0959. The standard InChI is InChI=1S/C22H18F4N2O3/c23-16-4-1-3-14-13(9-10-31-20(14)16)11-21(30,22(24,25)26)12-27-17-5-2-6-18-15(17)7-8-19(29)28-18/h1-9,27,30H,10-12H2,(H,28,29). The lowest BCUT2D eigenvalue weighted by molar-refractivity contribution is -0.252. The highest BCUT2D eigenvalue weighted by Crippen LogP contribution is 2.42. The number of H-pyrrole nitrogens is 1. The molecule has 0 saturated heterocycles. The van der Waals surface area contributed by atoms with E-state index in [-0.39, 0.29) is 29.1 Å². The van der Waals surface area contributed by atoms with Gasteiger partial charge in [0, 0.05) is 29.1 Å². The molecule has 1 aromatic heterocycles. The molecular weight excluding hydrogens is 416 g/mol. The van der Waals surface area contributed by atoms with Gasteiger partial charge < -0.3 is 20.1 Å². The molecule has 2 heterocycles. The van der Waals surface area contributed by atoms with Gasteiger partial charge in [-0.25, -0.2) is 4.39 Å². The molecule has 3 N–H and O–H groups in total. The fraction of sp³-hybridized carbons (Fsp3) is 0.227. The summed E-state index contributed by atoms with van der Waals surface area (Å²) in [6.45, 7) is -0.946. The molecule has 0 aliphatic carbocycles. The molecule has 1 aliphatic rings. The molecule has 0 saturated carbocycles. The molecule has 1 aliphatic heterocycles. The van der Waals surface area contributed by atoms with Crippen LogP contribution >= 0.6 is 0 Å². The number of benzene rings is 2. The minimum atomic E-state index is -4.97. The van der Waals surface area contributed by atoms with E-state index in [1.807, 2.05) is 0 Å². The minimum Gasteiger partial charge on any atom is -0.486 e. The predicted molar refractivity (Wildman–Crippen MR) is 109 cm³/mol. The summed E-state index contributed by atoms with van der Waals surface area (Å²) in [6, 6.07) is 11.5. The summed E-state index contributed by atoms with van der Waals surface area (Å²) >= 11 is 0. The van der Waals surface area contributed by atoms with Crippen molar-refractivity contribution in [1.29, 1.82) is 0 Å². The molecule has 3 aromatic rings. The highest BCUT2D eigenvalue weighted by Gasteiger charge is 2.54. The first kappa shape index (κ1) is 20.9. The molecule has 0 spiro atoms. The number of aromatic nitrogens is 1. The molecule has 1 atom stereocenters. The Labute approximate surface area is 174 Å². The van der Waals surface area contributed by atoms with Gasteiger partial charge in [-0.3, -0.25) is 4.79 Å². The zero-order valence-electron chi connectivity index (χ0n) is 16.1. The van der Waals surface area contributed by atoms with Gasteiger partial charge >= 0.3 is 6.18 Å². The summed E-state index contributed by atoms with van der Waals surface area (Å²) < 4.78 is 60.9. The fourth-order valence-corrected chi connectivity index (χ4v) is 3.57. The van der Waals surface area contributed by atoms with Gasteiger partial charge in [0.2, 0.25) is 5.56 Å². The number of para-hydroxylation sites is 1. The molecular formula is C22H18F4N2O3. The van der Waals surface area contributed by atoms with Crippen molar-refractivity contribution in [2.24, 2.45) is 0 Å². The van der Waals surface area contributed by atoms with Crippen LogP contribution in [-0.4, -0.2) is 35.0 Å². The normalized spacial score (nSPS) is 15.6. The summed E-state index contributed by atoms with van der Waals surface area (Å²) in [6.07, 6.45) is -4.35. The molecule has 31 heavy (non-hydrogen) atoms. The van der Waals surface area contributed by atoms with Crippen LogP contribution in [0.2, 0.25) is 0 Å². The van der Waals surface area contributed by atoms with Crippen LogP contribution in [0.5, 0.6) is 5.75 Å². The largest absolute Gasteiger partial charge is 0.486 e. The number of alkyl halides is 3. The number of aromatic amines is 1. The van der Waals surface area contributed by atoms with Gasteiger partial charge in [0.05, 0.1) is 12.1 Å². The lowest BCUT2D eigenvalue weighted by Crippen LogP contribution is -2.50. The third-order valence-electron chi connectivity index (χ3n) is 5.22. The second-order valence-corrected chi connectivity index (χ2v) is 7.31. The molecule has 5 nitrogen and oxygen atoms in total. The van der Waals surface area contributed by atoms with E-state index in [0.29, 0.717) is 16.6 Å². The molecule has 0 amide bonds. The van der Waals surface area contributed by atoms with Crippen LogP contribution in [0, 0.1) is 5.82 Å². The van der Waals surface area contributed by atoms with Crippen LogP contribution in [0.15, 0.2) is 59.4 Å². The van der Waals surface area contributed by atoms with Crippen LogP contribution in [0.1, 0.15) is 12.0 Å². The Bertz CT molecular complexity index is 1220. The highest BCUT2D eigenvalue weighted by atomic mass is 19.4. The van der Waals surface area contributed by atoms with Crippen molar-refractivity contribution in [2.45, 2.75) is 18.2 Å². The van der Waals surface area contributed by atoms with E-state index in [0.717, 1.165) is 6.07 Å². The number of hydrogen-bond acceptors (Lipinski definition) is 4. The summed E-state index contributed by atoms with van der Waals surface area (Å²) in [4.78, 5) is 14.1. The Balaban J connectivity index is 1.64. The molecule has 4 rings (SSSR count). The molecule has 9 heteroatoms. The van der Waals surface area contributed by atoms with E-state index in [2.05, 4.69) is 10.3 Å². The van der Waals surface area contributed by atoms with Crippen molar-refractivity contribution in [1.82, 2.24) is 4.98 Å². The van der Waals surface area contributed by atoms with E-state index < -0.39 is 30.6 Å². The van der Waals surface area contributed by atoms with Gasteiger partial charge in [-0.15, -0.1) is 0 Å². The molecule has 0 radical (unpaired) electrons. The van der Waals surface area contributed by atoms with E-state index in [1.54, 1.807) is 18.2 Å². The first-order valence-corrected chi connectivity index (χ1v) is 9.44. The Morgan fingerprint density at radius 1 is 1.10 bits per heavy atom. The van der Waals surface area contributed by atoms with Crippen LogP contribution in [-0.2, 0) is 0 Å². The maximum Gasteiger partial charge on any atom is 0.419 e. The number of nitrogens with one attached hydrogen (secondary N) is 2. The van der Waals surface area contributed by atoms with Crippen molar-refractivity contribution in [3.63, 3.8) is 0 Å². The third-order valence-corrected chi connectivity index (χ3v) is 5.22. The van der Waals surface area contributed by atoms with Gasteiger partial charge in [-0.1, -0.05) is 18.2 Å². The monoisotopic (exact) mass is 434 g/mol. The van der Waals surface area contributed by atoms with E-state index >= 15 is 0 Å².